The highest BCUT2D eigenvalue weighted by atomic mass is 19.1. The van der Waals surface area contributed by atoms with Crippen molar-refractivity contribution in [2.24, 2.45) is 11.1 Å². The third-order valence-corrected chi connectivity index (χ3v) is 2.97. The summed E-state index contributed by atoms with van der Waals surface area (Å²) in [4.78, 5) is 0. The zero-order chi connectivity index (χ0) is 10.7. The number of rotatable bonds is 5. The number of hydrogen-bond acceptors (Lipinski definition) is 2. The fraction of sp³-hybridized carbons (Fsp3) is 0.500. The van der Waals surface area contributed by atoms with Crippen molar-refractivity contribution in [3.05, 3.63) is 30.1 Å². The fourth-order valence-corrected chi connectivity index (χ4v) is 1.74. The number of nitrogens with two attached hydrogens (primary N) is 1. The van der Waals surface area contributed by atoms with Gasteiger partial charge in [0.25, 0.3) is 0 Å². The Morgan fingerprint density at radius 3 is 2.80 bits per heavy atom. The predicted molar refractivity (Wildman–Crippen MR) is 57.2 cm³/mol. The lowest BCUT2D eigenvalue weighted by Crippen LogP contribution is -2.17. The first-order valence-corrected chi connectivity index (χ1v) is 5.33. The molecular formula is C12H16FNO. The molecule has 3 heteroatoms. The molecule has 1 aliphatic rings. The van der Waals surface area contributed by atoms with Gasteiger partial charge in [-0.15, -0.1) is 0 Å². The summed E-state index contributed by atoms with van der Waals surface area (Å²) in [7, 11) is 0. The predicted octanol–water partition coefficient (Wildman–Crippen LogP) is 2.33. The summed E-state index contributed by atoms with van der Waals surface area (Å²) in [5, 5.41) is 0. The number of halogens is 1. The number of ether oxygens (including phenoxy) is 1. The van der Waals surface area contributed by atoms with E-state index in [0.29, 0.717) is 18.9 Å². The quantitative estimate of drug-likeness (QED) is 0.807. The molecule has 0 bridgehead atoms. The van der Waals surface area contributed by atoms with Crippen molar-refractivity contribution in [3.63, 3.8) is 0 Å². The molecule has 0 amide bonds. The molecule has 15 heavy (non-hydrogen) atoms. The maximum absolute atomic E-state index is 12.9. The standard InChI is InChI=1S/C12H16FNO/c13-10-2-1-3-11(8-10)15-9-12(4-5-12)6-7-14/h1-3,8H,4-7,9,14H2. The average molecular weight is 209 g/mol. The van der Waals surface area contributed by atoms with E-state index < -0.39 is 0 Å². The minimum Gasteiger partial charge on any atom is -0.493 e. The molecule has 2 rings (SSSR count). The van der Waals surface area contributed by atoms with E-state index in [1.165, 1.54) is 25.0 Å². The zero-order valence-corrected chi connectivity index (χ0v) is 8.71. The maximum Gasteiger partial charge on any atom is 0.126 e. The Labute approximate surface area is 89.2 Å². The van der Waals surface area contributed by atoms with E-state index in [9.17, 15) is 4.39 Å². The van der Waals surface area contributed by atoms with Gasteiger partial charge in [-0.25, -0.2) is 4.39 Å². The molecule has 0 radical (unpaired) electrons. The first-order chi connectivity index (χ1) is 7.24. The fourth-order valence-electron chi connectivity index (χ4n) is 1.74. The normalized spacial score (nSPS) is 17.5. The first-order valence-electron chi connectivity index (χ1n) is 5.33. The molecule has 1 aromatic carbocycles. The SMILES string of the molecule is NCCC1(COc2cccc(F)c2)CC1. The third kappa shape index (κ3) is 2.69. The van der Waals surface area contributed by atoms with Crippen molar-refractivity contribution < 1.29 is 9.13 Å². The van der Waals surface area contributed by atoms with E-state index in [0.717, 1.165) is 6.42 Å². The van der Waals surface area contributed by atoms with Gasteiger partial charge in [0.2, 0.25) is 0 Å². The summed E-state index contributed by atoms with van der Waals surface area (Å²) in [5.41, 5.74) is 5.81. The Balaban J connectivity index is 1.88. The van der Waals surface area contributed by atoms with Crippen LogP contribution >= 0.6 is 0 Å². The number of benzene rings is 1. The minimum absolute atomic E-state index is 0.254. The molecule has 2 N–H and O–H groups in total. The Hall–Kier alpha value is -1.09. The van der Waals surface area contributed by atoms with Crippen LogP contribution in [0.4, 0.5) is 4.39 Å². The summed E-state index contributed by atoms with van der Waals surface area (Å²) in [6.07, 6.45) is 3.36. The van der Waals surface area contributed by atoms with Gasteiger partial charge in [0.05, 0.1) is 6.61 Å². The third-order valence-electron chi connectivity index (χ3n) is 2.97. The highest BCUT2D eigenvalue weighted by Gasteiger charge is 2.42. The zero-order valence-electron chi connectivity index (χ0n) is 8.71. The van der Waals surface area contributed by atoms with Crippen molar-refractivity contribution in [1.82, 2.24) is 0 Å². The monoisotopic (exact) mass is 209 g/mol. The van der Waals surface area contributed by atoms with E-state index in [4.69, 9.17) is 10.5 Å². The molecule has 82 valence electrons. The van der Waals surface area contributed by atoms with Crippen LogP contribution in [0.2, 0.25) is 0 Å². The molecule has 0 spiro atoms. The van der Waals surface area contributed by atoms with Crippen molar-refractivity contribution >= 4 is 0 Å². The molecule has 1 fully saturated rings. The summed E-state index contributed by atoms with van der Waals surface area (Å²) in [6, 6.07) is 6.27. The van der Waals surface area contributed by atoms with Crippen molar-refractivity contribution in [2.45, 2.75) is 19.3 Å². The van der Waals surface area contributed by atoms with Gasteiger partial charge in [0, 0.05) is 11.5 Å². The van der Waals surface area contributed by atoms with Crippen LogP contribution in [0.5, 0.6) is 5.75 Å². The lowest BCUT2D eigenvalue weighted by atomic mass is 10.0. The summed E-state index contributed by atoms with van der Waals surface area (Å²) < 4.78 is 18.4. The van der Waals surface area contributed by atoms with Crippen molar-refractivity contribution in [2.75, 3.05) is 13.2 Å². The molecule has 0 heterocycles. The van der Waals surface area contributed by atoms with Crippen molar-refractivity contribution in [3.8, 4) is 5.75 Å². The first kappa shape index (κ1) is 10.4. The van der Waals surface area contributed by atoms with Gasteiger partial charge in [-0.1, -0.05) is 6.07 Å². The summed E-state index contributed by atoms with van der Waals surface area (Å²) in [6.45, 7) is 1.36. The number of hydrogen-bond donors (Lipinski definition) is 1. The molecule has 0 atom stereocenters. The molecular weight excluding hydrogens is 193 g/mol. The van der Waals surface area contributed by atoms with Crippen LogP contribution in [0.3, 0.4) is 0 Å². The Kier molecular flexibility index (Phi) is 2.91. The van der Waals surface area contributed by atoms with Crippen LogP contribution in [0.25, 0.3) is 0 Å². The van der Waals surface area contributed by atoms with Gasteiger partial charge in [-0.05, 0) is 37.9 Å². The van der Waals surface area contributed by atoms with E-state index in [-0.39, 0.29) is 11.2 Å². The highest BCUT2D eigenvalue weighted by Crippen LogP contribution is 2.48. The van der Waals surface area contributed by atoms with E-state index in [2.05, 4.69) is 0 Å². The molecule has 1 aromatic rings. The van der Waals surface area contributed by atoms with Gasteiger partial charge in [-0.2, -0.15) is 0 Å². The van der Waals surface area contributed by atoms with E-state index >= 15 is 0 Å². The average Bonchev–Trinajstić information content (AvgIpc) is 2.97. The van der Waals surface area contributed by atoms with E-state index in [1.807, 2.05) is 0 Å². The van der Waals surface area contributed by atoms with Gasteiger partial charge < -0.3 is 10.5 Å². The van der Waals surface area contributed by atoms with Gasteiger partial charge in [0.1, 0.15) is 11.6 Å². The van der Waals surface area contributed by atoms with Crippen molar-refractivity contribution in [1.29, 1.82) is 0 Å². The van der Waals surface area contributed by atoms with E-state index in [1.54, 1.807) is 12.1 Å². The smallest absolute Gasteiger partial charge is 0.126 e. The Morgan fingerprint density at radius 1 is 1.40 bits per heavy atom. The highest BCUT2D eigenvalue weighted by molar-refractivity contribution is 5.22. The molecule has 0 aromatic heterocycles. The molecule has 1 aliphatic carbocycles. The van der Waals surface area contributed by atoms with Gasteiger partial charge in [-0.3, -0.25) is 0 Å². The van der Waals surface area contributed by atoms with Gasteiger partial charge in [0.15, 0.2) is 0 Å². The lowest BCUT2D eigenvalue weighted by Gasteiger charge is -2.14. The molecule has 2 nitrogen and oxygen atoms in total. The lowest BCUT2D eigenvalue weighted by molar-refractivity contribution is 0.226. The topological polar surface area (TPSA) is 35.2 Å². The maximum atomic E-state index is 12.9. The Morgan fingerprint density at radius 2 is 2.20 bits per heavy atom. The van der Waals surface area contributed by atoms with Crippen LogP contribution in [-0.2, 0) is 0 Å². The molecule has 1 saturated carbocycles. The summed E-state index contributed by atoms with van der Waals surface area (Å²) >= 11 is 0. The van der Waals surface area contributed by atoms with Crippen LogP contribution in [0.1, 0.15) is 19.3 Å². The second kappa shape index (κ2) is 4.19. The molecule has 0 unspecified atom stereocenters. The molecule has 0 aliphatic heterocycles. The minimum atomic E-state index is -0.254. The largest absolute Gasteiger partial charge is 0.493 e. The van der Waals surface area contributed by atoms with Crippen LogP contribution in [-0.4, -0.2) is 13.2 Å². The second-order valence-electron chi connectivity index (χ2n) is 4.28. The van der Waals surface area contributed by atoms with Crippen LogP contribution in [0.15, 0.2) is 24.3 Å². The van der Waals surface area contributed by atoms with Crippen LogP contribution in [0, 0.1) is 11.2 Å². The Bertz CT molecular complexity index is 336. The van der Waals surface area contributed by atoms with Gasteiger partial charge >= 0.3 is 0 Å². The van der Waals surface area contributed by atoms with Crippen LogP contribution < -0.4 is 10.5 Å². The molecule has 0 saturated heterocycles. The summed E-state index contributed by atoms with van der Waals surface area (Å²) in [5.74, 6) is 0.356. The second-order valence-corrected chi connectivity index (χ2v) is 4.28.